The molecule has 136 valence electrons. The Morgan fingerprint density at radius 1 is 1.24 bits per heavy atom. The largest absolute Gasteiger partial charge is 0.469 e. The van der Waals surface area contributed by atoms with Crippen LogP contribution in [0.4, 0.5) is 0 Å². The summed E-state index contributed by atoms with van der Waals surface area (Å²) in [5.41, 5.74) is 0. The smallest absolute Gasteiger partial charge is 0.330 e. The van der Waals surface area contributed by atoms with Gasteiger partial charge in [-0.05, 0) is 6.42 Å². The third-order valence-electron chi connectivity index (χ3n) is 4.58. The summed E-state index contributed by atoms with van der Waals surface area (Å²) >= 11 is 0. The molecule has 3 saturated heterocycles. The minimum Gasteiger partial charge on any atom is -0.469 e. The highest BCUT2D eigenvalue weighted by Crippen LogP contribution is 2.51. The van der Waals surface area contributed by atoms with E-state index in [-0.39, 0.29) is 19.4 Å². The molecule has 3 fully saturated rings. The van der Waals surface area contributed by atoms with E-state index in [0.29, 0.717) is 0 Å². The summed E-state index contributed by atoms with van der Waals surface area (Å²) < 4.78 is 25.7. The minimum absolute atomic E-state index is 0.00525. The lowest BCUT2D eigenvalue weighted by molar-refractivity contribution is -0.163. The number of fused-ring (bicyclic) bond motifs is 1. The average Bonchev–Trinajstić information content (AvgIpc) is 3.21. The van der Waals surface area contributed by atoms with Crippen LogP contribution in [-0.2, 0) is 42.9 Å². The normalized spacial score (nSPS) is 34.4. The highest BCUT2D eigenvalue weighted by atomic mass is 16.7. The molecule has 0 radical (unpaired) electrons. The minimum atomic E-state index is -0.847. The molecular formula is C16H18O9. The van der Waals surface area contributed by atoms with E-state index >= 15 is 0 Å². The van der Waals surface area contributed by atoms with Gasteiger partial charge < -0.3 is 23.7 Å². The zero-order valence-corrected chi connectivity index (χ0v) is 13.5. The van der Waals surface area contributed by atoms with Crippen molar-refractivity contribution in [2.24, 2.45) is 11.8 Å². The van der Waals surface area contributed by atoms with E-state index in [1.54, 1.807) is 0 Å². The van der Waals surface area contributed by atoms with Crippen LogP contribution in [0.2, 0.25) is 0 Å². The molecule has 0 aromatic rings. The van der Waals surface area contributed by atoms with Crippen LogP contribution in [0.25, 0.3) is 0 Å². The number of esters is 4. The topological polar surface area (TPSA) is 114 Å². The van der Waals surface area contributed by atoms with Gasteiger partial charge in [-0.1, -0.05) is 6.58 Å². The Balaban J connectivity index is 1.57. The summed E-state index contributed by atoms with van der Waals surface area (Å²) in [7, 11) is 1.22. The number of methoxy groups -OCH3 is 1. The quantitative estimate of drug-likeness (QED) is 0.259. The Hall–Kier alpha value is -2.42. The maximum atomic E-state index is 12.0. The highest BCUT2D eigenvalue weighted by Gasteiger charge is 2.71. The molecule has 9 nitrogen and oxygen atoms in total. The van der Waals surface area contributed by atoms with E-state index in [0.717, 1.165) is 6.08 Å². The molecule has 0 spiro atoms. The molecule has 0 aliphatic carbocycles. The number of hydrogen-bond donors (Lipinski definition) is 0. The Kier molecular flexibility index (Phi) is 4.76. The monoisotopic (exact) mass is 354 g/mol. The molecule has 3 rings (SSSR count). The van der Waals surface area contributed by atoms with Crippen molar-refractivity contribution in [3.05, 3.63) is 12.7 Å². The summed E-state index contributed by atoms with van der Waals surface area (Å²) in [5, 5.41) is 0. The predicted octanol–water partition coefficient (Wildman–Crippen LogP) is -0.481. The second-order valence-electron chi connectivity index (χ2n) is 5.97. The van der Waals surface area contributed by atoms with Gasteiger partial charge >= 0.3 is 23.9 Å². The molecule has 3 heterocycles. The third kappa shape index (κ3) is 2.99. The van der Waals surface area contributed by atoms with Crippen molar-refractivity contribution in [2.75, 3.05) is 13.7 Å². The van der Waals surface area contributed by atoms with Gasteiger partial charge in [0.2, 0.25) is 0 Å². The van der Waals surface area contributed by atoms with Crippen LogP contribution in [0.3, 0.4) is 0 Å². The fraction of sp³-hybridized carbons (Fsp3) is 0.625. The van der Waals surface area contributed by atoms with Gasteiger partial charge in [0.05, 0.1) is 13.7 Å². The molecule has 0 aromatic carbocycles. The van der Waals surface area contributed by atoms with Gasteiger partial charge in [-0.3, -0.25) is 14.4 Å². The summed E-state index contributed by atoms with van der Waals surface area (Å²) in [4.78, 5) is 46.8. The number of hydrogen-bond acceptors (Lipinski definition) is 9. The van der Waals surface area contributed by atoms with Gasteiger partial charge in [0.25, 0.3) is 0 Å². The van der Waals surface area contributed by atoms with Crippen molar-refractivity contribution < 1.29 is 42.9 Å². The lowest BCUT2D eigenvalue weighted by atomic mass is 9.78. The van der Waals surface area contributed by atoms with E-state index in [2.05, 4.69) is 6.58 Å². The fourth-order valence-electron chi connectivity index (χ4n) is 3.53. The number of carbonyl (C=O) groups is 4. The van der Waals surface area contributed by atoms with Crippen LogP contribution in [0, 0.1) is 11.8 Å². The van der Waals surface area contributed by atoms with Crippen molar-refractivity contribution in [3.63, 3.8) is 0 Å². The van der Waals surface area contributed by atoms with Crippen LogP contribution in [0.1, 0.15) is 12.8 Å². The van der Waals surface area contributed by atoms with Gasteiger partial charge in [0.1, 0.15) is 24.0 Å². The van der Waals surface area contributed by atoms with E-state index in [9.17, 15) is 19.2 Å². The lowest BCUT2D eigenvalue weighted by Crippen LogP contribution is -2.47. The second kappa shape index (κ2) is 6.83. The molecule has 2 bridgehead atoms. The summed E-state index contributed by atoms with van der Waals surface area (Å²) in [6, 6.07) is 0. The molecular weight excluding hydrogens is 336 g/mol. The van der Waals surface area contributed by atoms with Crippen LogP contribution in [0.5, 0.6) is 0 Å². The highest BCUT2D eigenvalue weighted by molar-refractivity contribution is 5.86. The maximum Gasteiger partial charge on any atom is 0.330 e. The van der Waals surface area contributed by atoms with Crippen LogP contribution in [-0.4, -0.2) is 62.0 Å². The zero-order valence-electron chi connectivity index (χ0n) is 13.5. The van der Waals surface area contributed by atoms with E-state index in [4.69, 9.17) is 23.7 Å². The van der Waals surface area contributed by atoms with Gasteiger partial charge in [-0.15, -0.1) is 0 Å². The molecule has 25 heavy (non-hydrogen) atoms. The van der Waals surface area contributed by atoms with Crippen molar-refractivity contribution >= 4 is 23.9 Å². The first-order chi connectivity index (χ1) is 12.0. The van der Waals surface area contributed by atoms with E-state index in [1.807, 2.05) is 0 Å². The van der Waals surface area contributed by atoms with Gasteiger partial charge in [0, 0.05) is 12.5 Å². The first kappa shape index (κ1) is 17.4. The first-order valence-corrected chi connectivity index (χ1v) is 7.90. The zero-order chi connectivity index (χ0) is 18.1. The van der Waals surface area contributed by atoms with E-state index < -0.39 is 60.1 Å². The predicted molar refractivity (Wildman–Crippen MR) is 77.8 cm³/mol. The molecule has 6 atom stereocenters. The van der Waals surface area contributed by atoms with Crippen molar-refractivity contribution in [1.29, 1.82) is 0 Å². The Bertz CT molecular complexity index is 613. The number of rotatable bonds is 7. The van der Waals surface area contributed by atoms with Crippen molar-refractivity contribution in [1.82, 2.24) is 0 Å². The Morgan fingerprint density at radius 3 is 2.68 bits per heavy atom. The molecule has 9 heteroatoms. The van der Waals surface area contributed by atoms with Gasteiger partial charge in [-0.25, -0.2) is 4.79 Å². The summed E-state index contributed by atoms with van der Waals surface area (Å²) in [6.07, 6.45) is -1.61. The van der Waals surface area contributed by atoms with E-state index in [1.165, 1.54) is 7.11 Å². The molecule has 0 amide bonds. The average molecular weight is 354 g/mol. The molecule has 0 N–H and O–H groups in total. The summed E-state index contributed by atoms with van der Waals surface area (Å²) in [6.45, 7) is 3.32. The summed E-state index contributed by atoms with van der Waals surface area (Å²) in [5.74, 6) is -3.81. The maximum absolute atomic E-state index is 12.0. The van der Waals surface area contributed by atoms with Crippen LogP contribution >= 0.6 is 0 Å². The lowest BCUT2D eigenvalue weighted by Gasteiger charge is -2.26. The third-order valence-corrected chi connectivity index (χ3v) is 4.58. The molecule has 3 aliphatic rings. The molecule has 0 saturated carbocycles. The van der Waals surface area contributed by atoms with Crippen molar-refractivity contribution in [3.8, 4) is 0 Å². The second-order valence-corrected chi connectivity index (χ2v) is 5.97. The standard InChI is InChI=1S/C16H18O9/c1-3-7(17)22-6-4-5-8(18)23-13-11-9(15(19)21-2)10-12(24-11)14(13)25-16(10)20/h3,9-14H,1,4-6H2,2H3. The Morgan fingerprint density at radius 2 is 2.00 bits per heavy atom. The molecule has 3 aliphatic heterocycles. The number of carbonyl (C=O) groups excluding carboxylic acids is 4. The molecule has 6 unspecified atom stereocenters. The molecule has 0 aromatic heterocycles. The Labute approximate surface area is 143 Å². The fourth-order valence-corrected chi connectivity index (χ4v) is 3.53. The van der Waals surface area contributed by atoms with Crippen molar-refractivity contribution in [2.45, 2.75) is 37.3 Å². The van der Waals surface area contributed by atoms with Gasteiger partial charge in [-0.2, -0.15) is 0 Å². The first-order valence-electron chi connectivity index (χ1n) is 7.90. The van der Waals surface area contributed by atoms with Crippen LogP contribution < -0.4 is 0 Å². The SMILES string of the molecule is C=CC(=O)OCCCC(=O)OC1C2OC(=O)C3C2OC1C3C(=O)OC. The van der Waals surface area contributed by atoms with Gasteiger partial charge in [0.15, 0.2) is 12.2 Å². The van der Waals surface area contributed by atoms with Crippen LogP contribution in [0.15, 0.2) is 12.7 Å². The number of ether oxygens (including phenoxy) is 5.